The maximum atomic E-state index is 12.1. The molecule has 0 bridgehead atoms. The Morgan fingerprint density at radius 2 is 1.96 bits per heavy atom. The average Bonchev–Trinajstić information content (AvgIpc) is 3.16. The van der Waals surface area contributed by atoms with Crippen LogP contribution in [-0.4, -0.2) is 24.6 Å². The van der Waals surface area contributed by atoms with Gasteiger partial charge in [0.25, 0.3) is 5.91 Å². The van der Waals surface area contributed by atoms with Gasteiger partial charge in [-0.2, -0.15) is 0 Å². The number of hydrogen-bond donors (Lipinski definition) is 1. The highest BCUT2D eigenvalue weighted by atomic mass is 32.1. The smallest absolute Gasteiger partial charge is 0.262 e. The third kappa shape index (κ3) is 4.36. The average molecular weight is 354 g/mol. The molecule has 0 aliphatic rings. The van der Waals surface area contributed by atoms with Crippen LogP contribution in [0.2, 0.25) is 0 Å². The number of nitrogens with one attached hydrogen (secondary N) is 1. The van der Waals surface area contributed by atoms with Crippen LogP contribution in [0.3, 0.4) is 0 Å². The van der Waals surface area contributed by atoms with Crippen LogP contribution in [0.1, 0.15) is 5.56 Å². The summed E-state index contributed by atoms with van der Waals surface area (Å²) >= 11 is 1.58. The lowest BCUT2D eigenvalue weighted by Gasteiger charge is -2.11. The Morgan fingerprint density at radius 1 is 1.16 bits per heavy atom. The first kappa shape index (κ1) is 17.0. The van der Waals surface area contributed by atoms with Crippen molar-refractivity contribution in [1.29, 1.82) is 0 Å². The Labute approximate surface area is 150 Å². The molecule has 0 spiro atoms. The van der Waals surface area contributed by atoms with Crippen molar-refractivity contribution in [1.82, 2.24) is 4.98 Å². The van der Waals surface area contributed by atoms with Crippen LogP contribution in [0, 0.1) is 6.92 Å². The SMILES string of the molecule is COc1cc(C)ccc1OCC(=O)Nc1ccc(-c2nccs2)cc1. The van der Waals surface area contributed by atoms with Gasteiger partial charge in [-0.05, 0) is 48.9 Å². The highest BCUT2D eigenvalue weighted by Crippen LogP contribution is 2.28. The molecule has 0 unspecified atom stereocenters. The molecule has 5 nitrogen and oxygen atoms in total. The molecular formula is C19H18N2O3S. The second-order valence-electron chi connectivity index (χ2n) is 5.41. The Balaban J connectivity index is 1.58. The fourth-order valence-corrected chi connectivity index (χ4v) is 2.94. The molecule has 1 aromatic heterocycles. The number of thiazole rings is 1. The van der Waals surface area contributed by atoms with Gasteiger partial charge in [0, 0.05) is 22.8 Å². The predicted molar refractivity (Wildman–Crippen MR) is 99.4 cm³/mol. The van der Waals surface area contributed by atoms with Gasteiger partial charge in [-0.15, -0.1) is 11.3 Å². The number of carbonyl (C=O) groups excluding carboxylic acids is 1. The van der Waals surface area contributed by atoms with Gasteiger partial charge in [0.2, 0.25) is 0 Å². The van der Waals surface area contributed by atoms with E-state index in [1.165, 1.54) is 0 Å². The van der Waals surface area contributed by atoms with Gasteiger partial charge >= 0.3 is 0 Å². The predicted octanol–water partition coefficient (Wildman–Crippen LogP) is 4.14. The molecule has 0 aliphatic carbocycles. The van der Waals surface area contributed by atoms with Gasteiger partial charge in [0.15, 0.2) is 18.1 Å². The molecule has 6 heteroatoms. The molecule has 1 amide bonds. The molecule has 3 rings (SSSR count). The first-order valence-corrected chi connectivity index (χ1v) is 8.61. The number of nitrogens with zero attached hydrogens (tertiary/aromatic N) is 1. The zero-order valence-corrected chi connectivity index (χ0v) is 14.8. The minimum atomic E-state index is -0.232. The largest absolute Gasteiger partial charge is 0.493 e. The molecule has 0 atom stereocenters. The van der Waals surface area contributed by atoms with E-state index in [1.54, 1.807) is 30.7 Å². The summed E-state index contributed by atoms with van der Waals surface area (Å²) in [6, 6.07) is 13.1. The normalized spacial score (nSPS) is 10.3. The van der Waals surface area contributed by atoms with E-state index in [0.29, 0.717) is 17.2 Å². The lowest BCUT2D eigenvalue weighted by Crippen LogP contribution is -2.20. The second kappa shape index (κ2) is 7.81. The molecule has 0 saturated carbocycles. The maximum Gasteiger partial charge on any atom is 0.262 e. The van der Waals surface area contributed by atoms with E-state index in [1.807, 2.05) is 48.7 Å². The van der Waals surface area contributed by atoms with Gasteiger partial charge in [-0.25, -0.2) is 4.98 Å². The Bertz CT molecular complexity index is 846. The van der Waals surface area contributed by atoms with Crippen LogP contribution >= 0.6 is 11.3 Å². The minimum absolute atomic E-state index is 0.0896. The lowest BCUT2D eigenvalue weighted by molar-refractivity contribution is -0.118. The molecule has 128 valence electrons. The van der Waals surface area contributed by atoms with Crippen molar-refractivity contribution >= 4 is 22.9 Å². The van der Waals surface area contributed by atoms with Crippen LogP contribution in [-0.2, 0) is 4.79 Å². The van der Waals surface area contributed by atoms with Crippen molar-refractivity contribution in [2.24, 2.45) is 0 Å². The number of methoxy groups -OCH3 is 1. The number of amides is 1. The number of anilines is 1. The summed E-state index contributed by atoms with van der Waals surface area (Å²) < 4.78 is 10.8. The van der Waals surface area contributed by atoms with Gasteiger partial charge in [0.1, 0.15) is 5.01 Å². The van der Waals surface area contributed by atoms with Crippen LogP contribution in [0.5, 0.6) is 11.5 Å². The molecule has 0 saturated heterocycles. The van der Waals surface area contributed by atoms with Crippen molar-refractivity contribution < 1.29 is 14.3 Å². The topological polar surface area (TPSA) is 60.5 Å². The van der Waals surface area contributed by atoms with Crippen molar-refractivity contribution in [3.8, 4) is 22.1 Å². The molecule has 1 heterocycles. The van der Waals surface area contributed by atoms with Crippen molar-refractivity contribution in [3.63, 3.8) is 0 Å². The number of carbonyl (C=O) groups is 1. The first-order valence-electron chi connectivity index (χ1n) is 7.73. The molecule has 0 radical (unpaired) electrons. The zero-order valence-electron chi connectivity index (χ0n) is 14.0. The number of aryl methyl sites for hydroxylation is 1. The Morgan fingerprint density at radius 3 is 2.64 bits per heavy atom. The monoisotopic (exact) mass is 354 g/mol. The zero-order chi connectivity index (χ0) is 17.6. The van der Waals surface area contributed by atoms with E-state index in [9.17, 15) is 4.79 Å². The van der Waals surface area contributed by atoms with Crippen molar-refractivity contribution in [3.05, 3.63) is 59.6 Å². The molecule has 0 aliphatic heterocycles. The summed E-state index contributed by atoms with van der Waals surface area (Å²) in [5.41, 5.74) is 2.80. The first-order chi connectivity index (χ1) is 12.2. The van der Waals surface area contributed by atoms with Crippen LogP contribution < -0.4 is 14.8 Å². The summed E-state index contributed by atoms with van der Waals surface area (Å²) in [6.45, 7) is 1.88. The number of benzene rings is 2. The van der Waals surface area contributed by atoms with Gasteiger partial charge in [0.05, 0.1) is 7.11 Å². The molecule has 25 heavy (non-hydrogen) atoms. The van der Waals surface area contributed by atoms with E-state index in [2.05, 4.69) is 10.3 Å². The van der Waals surface area contributed by atoms with E-state index in [0.717, 1.165) is 16.1 Å². The van der Waals surface area contributed by atoms with E-state index in [-0.39, 0.29) is 12.5 Å². The standard InChI is InChI=1S/C19H18N2O3S/c1-13-3-8-16(17(11-13)23-2)24-12-18(22)21-15-6-4-14(5-7-15)19-20-9-10-25-19/h3-11H,12H2,1-2H3,(H,21,22). The third-order valence-corrected chi connectivity index (χ3v) is 4.35. The fraction of sp³-hybridized carbons (Fsp3) is 0.158. The van der Waals surface area contributed by atoms with Crippen LogP contribution in [0.4, 0.5) is 5.69 Å². The van der Waals surface area contributed by atoms with Gasteiger partial charge < -0.3 is 14.8 Å². The maximum absolute atomic E-state index is 12.1. The summed E-state index contributed by atoms with van der Waals surface area (Å²) in [5.74, 6) is 0.924. The lowest BCUT2D eigenvalue weighted by atomic mass is 10.2. The van der Waals surface area contributed by atoms with Crippen molar-refractivity contribution in [2.75, 3.05) is 19.0 Å². The van der Waals surface area contributed by atoms with Gasteiger partial charge in [-0.1, -0.05) is 6.07 Å². The Hall–Kier alpha value is -2.86. The molecular weight excluding hydrogens is 336 g/mol. The van der Waals surface area contributed by atoms with Crippen LogP contribution in [0.25, 0.3) is 10.6 Å². The van der Waals surface area contributed by atoms with Crippen LogP contribution in [0.15, 0.2) is 54.0 Å². The van der Waals surface area contributed by atoms with Crippen molar-refractivity contribution in [2.45, 2.75) is 6.92 Å². The van der Waals surface area contributed by atoms with Gasteiger partial charge in [-0.3, -0.25) is 4.79 Å². The summed E-state index contributed by atoms with van der Waals surface area (Å²) in [4.78, 5) is 16.3. The summed E-state index contributed by atoms with van der Waals surface area (Å²) in [7, 11) is 1.58. The quantitative estimate of drug-likeness (QED) is 0.722. The number of ether oxygens (including phenoxy) is 2. The third-order valence-electron chi connectivity index (χ3n) is 3.53. The van der Waals surface area contributed by atoms with E-state index in [4.69, 9.17) is 9.47 Å². The Kier molecular flexibility index (Phi) is 5.30. The highest BCUT2D eigenvalue weighted by Gasteiger charge is 2.08. The molecule has 0 fully saturated rings. The highest BCUT2D eigenvalue weighted by molar-refractivity contribution is 7.13. The minimum Gasteiger partial charge on any atom is -0.493 e. The summed E-state index contributed by atoms with van der Waals surface area (Å²) in [6.07, 6.45) is 1.77. The summed E-state index contributed by atoms with van der Waals surface area (Å²) in [5, 5.41) is 5.70. The number of hydrogen-bond acceptors (Lipinski definition) is 5. The van der Waals surface area contributed by atoms with E-state index >= 15 is 0 Å². The van der Waals surface area contributed by atoms with E-state index < -0.39 is 0 Å². The second-order valence-corrected chi connectivity index (χ2v) is 6.30. The number of rotatable bonds is 6. The molecule has 3 aromatic rings. The molecule has 1 N–H and O–H groups in total. The fourth-order valence-electron chi connectivity index (χ4n) is 2.30. The number of aromatic nitrogens is 1. The molecule has 2 aromatic carbocycles.